The second-order valence-electron chi connectivity index (χ2n) is 6.00. The molecule has 0 bridgehead atoms. The van der Waals surface area contributed by atoms with Crippen molar-refractivity contribution in [1.29, 1.82) is 0 Å². The first-order valence-corrected chi connectivity index (χ1v) is 9.46. The van der Waals surface area contributed by atoms with Gasteiger partial charge < -0.3 is 20.2 Å². The third-order valence-electron chi connectivity index (χ3n) is 4.17. The number of nitrogens with one attached hydrogen (secondary N) is 1. The van der Waals surface area contributed by atoms with Gasteiger partial charge in [-0.25, -0.2) is 9.98 Å². The van der Waals surface area contributed by atoms with Crippen LogP contribution < -0.4 is 10.2 Å². The summed E-state index contributed by atoms with van der Waals surface area (Å²) in [7, 11) is 0. The maximum Gasteiger partial charge on any atom is 0.194 e. The fourth-order valence-electron chi connectivity index (χ4n) is 2.93. The first-order chi connectivity index (χ1) is 12.2. The van der Waals surface area contributed by atoms with Crippen LogP contribution in [0.4, 0.5) is 5.69 Å². The molecule has 0 unspecified atom stereocenters. The van der Waals surface area contributed by atoms with E-state index < -0.39 is 0 Å². The number of halogens is 1. The van der Waals surface area contributed by atoms with E-state index in [1.807, 2.05) is 24.4 Å². The Hall–Kier alpha value is -1.55. The van der Waals surface area contributed by atoms with E-state index in [2.05, 4.69) is 33.9 Å². The number of benzene rings is 1. The standard InChI is InChI=1S/C18H25N5OS.HI/c1-3-19-18(21-13-17-20-12-14(2)25-17)23-10-8-22(9-11-23)15-6-4-5-7-16(15)24;/h4-7,12,24H,3,8-11,13H2,1-2H3,(H,19,21);1H. The SMILES string of the molecule is CCNC(=NCc1ncc(C)s1)N1CCN(c2ccccc2O)CC1.I. The molecule has 0 saturated carbocycles. The molecule has 1 fully saturated rings. The number of anilines is 1. The highest BCUT2D eigenvalue weighted by Gasteiger charge is 2.21. The third kappa shape index (κ3) is 5.23. The smallest absolute Gasteiger partial charge is 0.194 e. The van der Waals surface area contributed by atoms with Crippen LogP contribution in [-0.2, 0) is 6.54 Å². The quantitative estimate of drug-likeness (QED) is 0.395. The number of aliphatic imine (C=N–C) groups is 1. The number of piperazine rings is 1. The predicted molar refractivity (Wildman–Crippen MR) is 119 cm³/mol. The molecule has 0 atom stereocenters. The molecule has 142 valence electrons. The van der Waals surface area contributed by atoms with E-state index in [0.717, 1.165) is 49.4 Å². The molecule has 0 aliphatic carbocycles. The lowest BCUT2D eigenvalue weighted by Gasteiger charge is -2.37. The van der Waals surface area contributed by atoms with Crippen LogP contribution in [0.1, 0.15) is 16.8 Å². The molecule has 0 spiro atoms. The number of aromatic nitrogens is 1. The molecule has 1 aliphatic rings. The Balaban J connectivity index is 0.00000243. The van der Waals surface area contributed by atoms with Crippen LogP contribution in [0, 0.1) is 6.92 Å². The Morgan fingerprint density at radius 3 is 2.62 bits per heavy atom. The second-order valence-corrected chi connectivity index (χ2v) is 7.32. The number of rotatable bonds is 4. The van der Waals surface area contributed by atoms with Crippen molar-refractivity contribution in [2.75, 3.05) is 37.6 Å². The van der Waals surface area contributed by atoms with Crippen LogP contribution in [0.5, 0.6) is 5.75 Å². The molecule has 26 heavy (non-hydrogen) atoms. The summed E-state index contributed by atoms with van der Waals surface area (Å²) in [6, 6.07) is 7.52. The van der Waals surface area contributed by atoms with Gasteiger partial charge in [-0.3, -0.25) is 0 Å². The molecule has 1 aliphatic heterocycles. The van der Waals surface area contributed by atoms with Gasteiger partial charge >= 0.3 is 0 Å². The maximum absolute atomic E-state index is 10.0. The number of guanidine groups is 1. The summed E-state index contributed by atoms with van der Waals surface area (Å²) in [5, 5.41) is 14.5. The summed E-state index contributed by atoms with van der Waals surface area (Å²) >= 11 is 1.69. The normalized spacial score (nSPS) is 14.9. The van der Waals surface area contributed by atoms with Gasteiger partial charge in [0, 0.05) is 43.8 Å². The number of aryl methyl sites for hydroxylation is 1. The topological polar surface area (TPSA) is 64.0 Å². The van der Waals surface area contributed by atoms with Crippen molar-refractivity contribution in [2.45, 2.75) is 20.4 Å². The van der Waals surface area contributed by atoms with Crippen molar-refractivity contribution >= 4 is 47.0 Å². The average molecular weight is 487 g/mol. The molecule has 1 aromatic heterocycles. The van der Waals surface area contributed by atoms with Crippen molar-refractivity contribution < 1.29 is 5.11 Å². The molecular weight excluding hydrogens is 461 g/mol. The van der Waals surface area contributed by atoms with E-state index >= 15 is 0 Å². The fraction of sp³-hybridized carbons (Fsp3) is 0.444. The zero-order valence-electron chi connectivity index (χ0n) is 15.2. The lowest BCUT2D eigenvalue weighted by atomic mass is 10.2. The van der Waals surface area contributed by atoms with Gasteiger partial charge in [-0.1, -0.05) is 12.1 Å². The number of nitrogens with zero attached hydrogens (tertiary/aromatic N) is 4. The minimum absolute atomic E-state index is 0. The van der Waals surface area contributed by atoms with Gasteiger partial charge in [0.25, 0.3) is 0 Å². The van der Waals surface area contributed by atoms with Crippen LogP contribution in [0.15, 0.2) is 35.5 Å². The van der Waals surface area contributed by atoms with E-state index in [4.69, 9.17) is 4.99 Å². The molecular formula is C18H26IN5OS. The summed E-state index contributed by atoms with van der Waals surface area (Å²) in [4.78, 5) is 14.8. The summed E-state index contributed by atoms with van der Waals surface area (Å²) in [5.74, 6) is 1.28. The monoisotopic (exact) mass is 487 g/mol. The van der Waals surface area contributed by atoms with Crippen molar-refractivity contribution in [3.63, 3.8) is 0 Å². The third-order valence-corrected chi connectivity index (χ3v) is 5.07. The lowest BCUT2D eigenvalue weighted by molar-refractivity contribution is 0.369. The van der Waals surface area contributed by atoms with Gasteiger partial charge in [0.15, 0.2) is 5.96 Å². The zero-order chi connectivity index (χ0) is 17.6. The van der Waals surface area contributed by atoms with E-state index in [-0.39, 0.29) is 24.0 Å². The Morgan fingerprint density at radius 2 is 2.00 bits per heavy atom. The van der Waals surface area contributed by atoms with Crippen molar-refractivity contribution in [3.05, 3.63) is 40.3 Å². The number of phenolic OH excluding ortho intramolecular Hbond substituents is 1. The number of hydrogen-bond donors (Lipinski definition) is 2. The lowest BCUT2D eigenvalue weighted by Crippen LogP contribution is -2.52. The number of para-hydroxylation sites is 2. The summed E-state index contributed by atoms with van der Waals surface area (Å²) < 4.78 is 0. The summed E-state index contributed by atoms with van der Waals surface area (Å²) in [6.45, 7) is 9.07. The molecule has 2 aromatic rings. The Bertz CT molecular complexity index is 728. The largest absolute Gasteiger partial charge is 0.506 e. The highest BCUT2D eigenvalue weighted by molar-refractivity contribution is 14.0. The fourth-order valence-corrected chi connectivity index (χ4v) is 3.65. The van der Waals surface area contributed by atoms with E-state index in [1.54, 1.807) is 17.4 Å². The first kappa shape index (κ1) is 20.8. The van der Waals surface area contributed by atoms with Crippen molar-refractivity contribution in [2.24, 2.45) is 4.99 Å². The number of aromatic hydroxyl groups is 1. The minimum Gasteiger partial charge on any atom is -0.506 e. The molecule has 8 heteroatoms. The molecule has 3 rings (SSSR count). The van der Waals surface area contributed by atoms with Crippen molar-refractivity contribution in [3.8, 4) is 5.75 Å². The average Bonchev–Trinajstić information content (AvgIpc) is 3.05. The minimum atomic E-state index is 0. The predicted octanol–water partition coefficient (Wildman–Crippen LogP) is 3.06. The maximum atomic E-state index is 10.0. The zero-order valence-corrected chi connectivity index (χ0v) is 18.3. The second kappa shape index (κ2) is 9.96. The summed E-state index contributed by atoms with van der Waals surface area (Å²) in [6.07, 6.45) is 1.90. The Labute approximate surface area is 176 Å². The number of thiazole rings is 1. The highest BCUT2D eigenvalue weighted by atomic mass is 127. The van der Waals surface area contributed by atoms with E-state index in [9.17, 15) is 5.11 Å². The molecule has 2 N–H and O–H groups in total. The molecule has 1 saturated heterocycles. The number of phenols is 1. The van der Waals surface area contributed by atoms with Crippen LogP contribution in [-0.4, -0.2) is 53.7 Å². The first-order valence-electron chi connectivity index (χ1n) is 8.65. The molecule has 0 radical (unpaired) electrons. The van der Waals surface area contributed by atoms with Crippen LogP contribution in [0.25, 0.3) is 0 Å². The Morgan fingerprint density at radius 1 is 1.27 bits per heavy atom. The Kier molecular flexibility index (Phi) is 7.95. The van der Waals surface area contributed by atoms with Crippen molar-refractivity contribution in [1.82, 2.24) is 15.2 Å². The van der Waals surface area contributed by atoms with Gasteiger partial charge in [-0.2, -0.15) is 0 Å². The van der Waals surface area contributed by atoms with Crippen LogP contribution in [0.2, 0.25) is 0 Å². The number of hydrogen-bond acceptors (Lipinski definition) is 5. The van der Waals surface area contributed by atoms with Crippen LogP contribution in [0.3, 0.4) is 0 Å². The summed E-state index contributed by atoms with van der Waals surface area (Å²) in [5.41, 5.74) is 0.905. The van der Waals surface area contributed by atoms with Gasteiger partial charge in [-0.05, 0) is 26.0 Å². The van der Waals surface area contributed by atoms with E-state index in [0.29, 0.717) is 12.3 Å². The highest BCUT2D eigenvalue weighted by Crippen LogP contribution is 2.27. The van der Waals surface area contributed by atoms with Gasteiger partial charge in [0.05, 0.1) is 12.2 Å². The van der Waals surface area contributed by atoms with Gasteiger partial charge in [0.2, 0.25) is 0 Å². The molecule has 0 amide bonds. The molecule has 2 heterocycles. The van der Waals surface area contributed by atoms with Gasteiger partial charge in [-0.15, -0.1) is 35.3 Å². The molecule has 6 nitrogen and oxygen atoms in total. The van der Waals surface area contributed by atoms with E-state index in [1.165, 1.54) is 4.88 Å². The van der Waals surface area contributed by atoms with Gasteiger partial charge in [0.1, 0.15) is 10.8 Å². The molecule has 1 aromatic carbocycles. The van der Waals surface area contributed by atoms with Crippen LogP contribution >= 0.6 is 35.3 Å².